The normalized spacial score (nSPS) is 22.8. The molecule has 2 aromatic rings. The van der Waals surface area contributed by atoms with Crippen LogP contribution in [0.25, 0.3) is 0 Å². The molecule has 1 saturated carbocycles. The van der Waals surface area contributed by atoms with Crippen molar-refractivity contribution in [2.24, 2.45) is 5.92 Å². The van der Waals surface area contributed by atoms with Crippen LogP contribution in [0.5, 0.6) is 0 Å². The van der Waals surface area contributed by atoms with E-state index in [1.165, 1.54) is 4.90 Å². The van der Waals surface area contributed by atoms with Gasteiger partial charge in [-0.1, -0.05) is 31.0 Å². The van der Waals surface area contributed by atoms with Gasteiger partial charge in [0.05, 0.1) is 12.2 Å². The average molecular weight is 455 g/mol. The standard InChI is InChI=1S/C24H27ClN4O3/c1-2-17-10-12-24(13-11-17)22(31)29(23(32)27-24)16-21(30)28(15-19-5-3-4-14-26-19)20-8-6-18(25)7-9-20/h3-9,14,17H,2,10-13,15-16H2,1H3,(H,27,32). The van der Waals surface area contributed by atoms with Gasteiger partial charge in [0.25, 0.3) is 5.91 Å². The average Bonchev–Trinajstić information content (AvgIpc) is 3.03. The highest BCUT2D eigenvalue weighted by Gasteiger charge is 2.52. The Kier molecular flexibility index (Phi) is 6.46. The Morgan fingerprint density at radius 2 is 1.91 bits per heavy atom. The zero-order valence-electron chi connectivity index (χ0n) is 18.1. The van der Waals surface area contributed by atoms with Crippen LogP contribution in [0.2, 0.25) is 5.02 Å². The van der Waals surface area contributed by atoms with E-state index < -0.39 is 11.6 Å². The van der Waals surface area contributed by atoms with E-state index in [0.717, 1.165) is 24.2 Å². The van der Waals surface area contributed by atoms with Crippen molar-refractivity contribution in [3.05, 3.63) is 59.4 Å². The smallest absolute Gasteiger partial charge is 0.323 e. The summed E-state index contributed by atoms with van der Waals surface area (Å²) in [5.74, 6) is -0.0696. The van der Waals surface area contributed by atoms with E-state index in [0.29, 0.717) is 35.2 Å². The number of nitrogens with one attached hydrogen (secondary N) is 1. The summed E-state index contributed by atoms with van der Waals surface area (Å²) in [6, 6.07) is 11.9. The molecule has 0 radical (unpaired) electrons. The number of hydrogen-bond donors (Lipinski definition) is 1. The monoisotopic (exact) mass is 454 g/mol. The molecule has 1 aromatic heterocycles. The van der Waals surface area contributed by atoms with Gasteiger partial charge in [-0.25, -0.2) is 4.79 Å². The van der Waals surface area contributed by atoms with E-state index in [-0.39, 0.29) is 24.9 Å². The van der Waals surface area contributed by atoms with Crippen molar-refractivity contribution < 1.29 is 14.4 Å². The molecule has 1 N–H and O–H groups in total. The van der Waals surface area contributed by atoms with Gasteiger partial charge in [-0.2, -0.15) is 0 Å². The quantitative estimate of drug-likeness (QED) is 0.664. The first kappa shape index (κ1) is 22.3. The maximum atomic E-state index is 13.3. The van der Waals surface area contributed by atoms with Crippen molar-refractivity contribution >= 4 is 35.1 Å². The summed E-state index contributed by atoms with van der Waals surface area (Å²) in [6.07, 6.45) is 5.78. The number of rotatable bonds is 6. The van der Waals surface area contributed by atoms with Gasteiger partial charge in [-0.05, 0) is 68.0 Å². The molecular formula is C24H27ClN4O3. The van der Waals surface area contributed by atoms with Crippen molar-refractivity contribution in [3.63, 3.8) is 0 Å². The first-order valence-electron chi connectivity index (χ1n) is 11.0. The van der Waals surface area contributed by atoms with Gasteiger partial charge in [-0.15, -0.1) is 0 Å². The Morgan fingerprint density at radius 1 is 1.19 bits per heavy atom. The lowest BCUT2D eigenvalue weighted by Crippen LogP contribution is -2.50. The molecule has 2 heterocycles. The molecule has 0 unspecified atom stereocenters. The summed E-state index contributed by atoms with van der Waals surface area (Å²) in [4.78, 5) is 46.2. The van der Waals surface area contributed by atoms with Gasteiger partial charge in [0.1, 0.15) is 12.1 Å². The largest absolute Gasteiger partial charge is 0.325 e. The molecular weight excluding hydrogens is 428 g/mol. The first-order valence-corrected chi connectivity index (χ1v) is 11.4. The van der Waals surface area contributed by atoms with Crippen LogP contribution in [-0.2, 0) is 16.1 Å². The second kappa shape index (κ2) is 9.28. The molecule has 1 aromatic carbocycles. The van der Waals surface area contributed by atoms with Gasteiger partial charge in [0.2, 0.25) is 5.91 Å². The second-order valence-corrected chi connectivity index (χ2v) is 8.97. The van der Waals surface area contributed by atoms with Crippen LogP contribution in [-0.4, -0.2) is 39.8 Å². The Labute approximate surface area is 192 Å². The minimum atomic E-state index is -0.866. The van der Waals surface area contributed by atoms with Crippen LogP contribution >= 0.6 is 11.6 Å². The van der Waals surface area contributed by atoms with Crippen molar-refractivity contribution in [1.29, 1.82) is 0 Å². The topological polar surface area (TPSA) is 82.6 Å². The van der Waals surface area contributed by atoms with Gasteiger partial charge >= 0.3 is 6.03 Å². The van der Waals surface area contributed by atoms with E-state index in [9.17, 15) is 14.4 Å². The molecule has 4 rings (SSSR count). The van der Waals surface area contributed by atoms with Crippen LogP contribution in [0, 0.1) is 5.92 Å². The van der Waals surface area contributed by atoms with Crippen LogP contribution in [0.15, 0.2) is 48.7 Å². The molecule has 32 heavy (non-hydrogen) atoms. The lowest BCUT2D eigenvalue weighted by Gasteiger charge is -2.34. The van der Waals surface area contributed by atoms with Crippen molar-refractivity contribution in [1.82, 2.24) is 15.2 Å². The minimum Gasteiger partial charge on any atom is -0.323 e. The summed E-state index contributed by atoms with van der Waals surface area (Å²) in [5, 5.41) is 3.45. The maximum Gasteiger partial charge on any atom is 0.325 e. The number of halogens is 1. The molecule has 2 fully saturated rings. The number of benzene rings is 1. The zero-order chi connectivity index (χ0) is 22.7. The molecule has 1 saturated heterocycles. The first-order chi connectivity index (χ1) is 15.4. The number of amides is 4. The summed E-state index contributed by atoms with van der Waals surface area (Å²) in [5.41, 5.74) is 0.451. The maximum absolute atomic E-state index is 13.3. The molecule has 0 atom stereocenters. The number of pyridine rings is 1. The van der Waals surface area contributed by atoms with E-state index in [1.54, 1.807) is 36.5 Å². The Balaban J connectivity index is 1.53. The summed E-state index contributed by atoms with van der Waals surface area (Å²) in [6.45, 7) is 2.04. The number of carbonyl (C=O) groups is 3. The molecule has 168 valence electrons. The fourth-order valence-corrected chi connectivity index (χ4v) is 4.68. The number of nitrogens with zero attached hydrogens (tertiary/aromatic N) is 3. The highest BCUT2D eigenvalue weighted by Crippen LogP contribution is 2.37. The van der Waals surface area contributed by atoms with Crippen LogP contribution in [0.1, 0.15) is 44.7 Å². The molecule has 4 amide bonds. The second-order valence-electron chi connectivity index (χ2n) is 8.53. The predicted octanol–water partition coefficient (Wildman–Crippen LogP) is 4.16. The summed E-state index contributed by atoms with van der Waals surface area (Å²) >= 11 is 6.01. The van der Waals surface area contributed by atoms with Crippen LogP contribution < -0.4 is 10.2 Å². The fourth-order valence-electron chi connectivity index (χ4n) is 4.56. The number of anilines is 1. The van der Waals surface area contributed by atoms with Crippen molar-refractivity contribution in [2.45, 2.75) is 51.1 Å². The van der Waals surface area contributed by atoms with E-state index in [1.807, 2.05) is 12.1 Å². The molecule has 1 aliphatic carbocycles. The van der Waals surface area contributed by atoms with Crippen LogP contribution in [0.3, 0.4) is 0 Å². The number of urea groups is 1. The van der Waals surface area contributed by atoms with Crippen LogP contribution in [0.4, 0.5) is 10.5 Å². The van der Waals surface area contributed by atoms with E-state index >= 15 is 0 Å². The Morgan fingerprint density at radius 3 is 2.53 bits per heavy atom. The highest BCUT2D eigenvalue weighted by molar-refractivity contribution is 6.30. The molecule has 1 aliphatic heterocycles. The fraction of sp³-hybridized carbons (Fsp3) is 0.417. The van der Waals surface area contributed by atoms with Crippen molar-refractivity contribution in [3.8, 4) is 0 Å². The van der Waals surface area contributed by atoms with Gasteiger partial charge in [-0.3, -0.25) is 19.5 Å². The minimum absolute atomic E-state index is 0.217. The van der Waals surface area contributed by atoms with E-state index in [4.69, 9.17) is 11.6 Å². The third kappa shape index (κ3) is 4.48. The molecule has 1 spiro atoms. The number of carbonyl (C=O) groups excluding carboxylic acids is 3. The zero-order valence-corrected chi connectivity index (χ0v) is 18.8. The lowest BCUT2D eigenvalue weighted by molar-refractivity contribution is -0.135. The van der Waals surface area contributed by atoms with Gasteiger partial charge < -0.3 is 10.2 Å². The molecule has 8 heteroatoms. The van der Waals surface area contributed by atoms with E-state index in [2.05, 4.69) is 17.2 Å². The third-order valence-electron chi connectivity index (χ3n) is 6.56. The molecule has 0 bridgehead atoms. The van der Waals surface area contributed by atoms with Crippen molar-refractivity contribution in [2.75, 3.05) is 11.4 Å². The Bertz CT molecular complexity index is 988. The molecule has 7 nitrogen and oxygen atoms in total. The summed E-state index contributed by atoms with van der Waals surface area (Å²) < 4.78 is 0. The number of hydrogen-bond acceptors (Lipinski definition) is 4. The van der Waals surface area contributed by atoms with Gasteiger partial charge in [0, 0.05) is 16.9 Å². The highest BCUT2D eigenvalue weighted by atomic mass is 35.5. The predicted molar refractivity (Wildman–Crippen MR) is 122 cm³/mol. The SMILES string of the molecule is CCC1CCC2(CC1)NC(=O)N(CC(=O)N(Cc1ccccn1)c1ccc(Cl)cc1)C2=O. The Hall–Kier alpha value is -2.93. The van der Waals surface area contributed by atoms with Gasteiger partial charge in [0.15, 0.2) is 0 Å². The third-order valence-corrected chi connectivity index (χ3v) is 6.81. The summed E-state index contributed by atoms with van der Waals surface area (Å²) in [7, 11) is 0. The lowest BCUT2D eigenvalue weighted by atomic mass is 9.75. The number of imide groups is 1. The molecule has 2 aliphatic rings. The number of aromatic nitrogens is 1.